The van der Waals surface area contributed by atoms with Crippen LogP contribution in [0.25, 0.3) is 5.69 Å². The van der Waals surface area contributed by atoms with Crippen LogP contribution in [0.2, 0.25) is 5.02 Å². The molecule has 3 aromatic rings. The van der Waals surface area contributed by atoms with E-state index in [9.17, 15) is 5.11 Å². The van der Waals surface area contributed by atoms with Gasteiger partial charge in [-0.2, -0.15) is 5.10 Å². The molecule has 2 aromatic carbocycles. The third-order valence-electron chi connectivity index (χ3n) is 4.68. The fraction of sp³-hybridized carbons (Fsp3) is 0.348. The number of hydrogen-bond acceptors (Lipinski definition) is 5. The van der Waals surface area contributed by atoms with E-state index in [-0.39, 0.29) is 0 Å². The third-order valence-corrected chi connectivity index (χ3v) is 4.93. The van der Waals surface area contributed by atoms with E-state index in [1.54, 1.807) is 26.2 Å². The summed E-state index contributed by atoms with van der Waals surface area (Å²) in [7, 11) is 1.67. The highest BCUT2D eigenvalue weighted by atomic mass is 35.5. The maximum Gasteiger partial charge on any atom is 0.227 e. The first kappa shape index (κ1) is 22.3. The highest BCUT2D eigenvalue weighted by Crippen LogP contribution is 2.32. The lowest BCUT2D eigenvalue weighted by Gasteiger charge is -2.23. The molecule has 0 aliphatic carbocycles. The maximum atomic E-state index is 9.94. The summed E-state index contributed by atoms with van der Waals surface area (Å²) < 4.78 is 13.4. The monoisotopic (exact) mass is 429 g/mol. The molecule has 0 spiro atoms. The fourth-order valence-corrected chi connectivity index (χ4v) is 3.36. The summed E-state index contributed by atoms with van der Waals surface area (Å²) in [6.07, 6.45) is -0.452. The van der Waals surface area contributed by atoms with Gasteiger partial charge in [-0.15, -0.1) is 0 Å². The van der Waals surface area contributed by atoms with Crippen LogP contribution >= 0.6 is 11.6 Å². The van der Waals surface area contributed by atoms with E-state index >= 15 is 0 Å². The van der Waals surface area contributed by atoms with Gasteiger partial charge in [-0.05, 0) is 50.2 Å². The zero-order chi connectivity index (χ0) is 21.5. The van der Waals surface area contributed by atoms with Crippen molar-refractivity contribution in [2.24, 2.45) is 0 Å². The van der Waals surface area contributed by atoms with Gasteiger partial charge in [0.15, 0.2) is 0 Å². The number of benzene rings is 2. The van der Waals surface area contributed by atoms with Crippen LogP contribution in [0.4, 0.5) is 0 Å². The van der Waals surface area contributed by atoms with Gasteiger partial charge >= 0.3 is 0 Å². The van der Waals surface area contributed by atoms with E-state index in [4.69, 9.17) is 26.2 Å². The quantitative estimate of drug-likeness (QED) is 0.515. The molecule has 1 aromatic heterocycles. The average Bonchev–Trinajstić information content (AvgIpc) is 3.03. The van der Waals surface area contributed by atoms with Gasteiger partial charge in [0.05, 0.1) is 29.7 Å². The molecule has 0 saturated heterocycles. The lowest BCUT2D eigenvalue weighted by Crippen LogP contribution is -2.33. The maximum absolute atomic E-state index is 9.94. The molecule has 0 aliphatic heterocycles. The predicted octanol–water partition coefficient (Wildman–Crippen LogP) is 4.46. The summed E-state index contributed by atoms with van der Waals surface area (Å²) in [5.41, 5.74) is 2.75. The van der Waals surface area contributed by atoms with Crippen molar-refractivity contribution in [2.45, 2.75) is 26.5 Å². The molecule has 1 N–H and O–H groups in total. The Hall–Kier alpha value is -2.38. The van der Waals surface area contributed by atoms with Crippen LogP contribution in [-0.2, 0) is 11.3 Å². The lowest BCUT2D eigenvalue weighted by molar-refractivity contribution is 0.0934. The number of aromatic nitrogens is 2. The van der Waals surface area contributed by atoms with E-state index in [1.807, 2.05) is 54.1 Å². The standard InChI is InChI=1S/C23H28ClN3O3/c1-17(28)15-26(13-14-29-3)16-22-18(2)25-27(20-7-5-4-6-8-20)23(22)30-21-11-9-19(24)10-12-21/h4-12,17,28H,13-16H2,1-3H3/t17-/m1/s1. The highest BCUT2D eigenvalue weighted by Gasteiger charge is 2.22. The molecule has 0 saturated carbocycles. The van der Waals surface area contributed by atoms with E-state index < -0.39 is 6.10 Å². The number of ether oxygens (including phenoxy) is 2. The first-order valence-electron chi connectivity index (χ1n) is 9.94. The van der Waals surface area contributed by atoms with Crippen molar-refractivity contribution in [3.8, 4) is 17.3 Å². The van der Waals surface area contributed by atoms with Gasteiger partial charge in [0.25, 0.3) is 0 Å². The van der Waals surface area contributed by atoms with Gasteiger partial charge in [-0.3, -0.25) is 4.90 Å². The zero-order valence-electron chi connectivity index (χ0n) is 17.6. The molecule has 0 fully saturated rings. The second-order valence-electron chi connectivity index (χ2n) is 7.25. The first-order chi connectivity index (χ1) is 14.5. The summed E-state index contributed by atoms with van der Waals surface area (Å²) in [6.45, 7) is 6.13. The lowest BCUT2D eigenvalue weighted by atomic mass is 10.2. The molecular weight excluding hydrogens is 402 g/mol. The summed E-state index contributed by atoms with van der Waals surface area (Å²) in [4.78, 5) is 2.14. The van der Waals surface area contributed by atoms with Crippen LogP contribution < -0.4 is 4.74 Å². The molecule has 0 bridgehead atoms. The second-order valence-corrected chi connectivity index (χ2v) is 7.69. The molecule has 6 nitrogen and oxygen atoms in total. The zero-order valence-corrected chi connectivity index (χ0v) is 18.3. The smallest absolute Gasteiger partial charge is 0.227 e. The highest BCUT2D eigenvalue weighted by molar-refractivity contribution is 6.30. The van der Waals surface area contributed by atoms with E-state index in [0.29, 0.717) is 42.9 Å². The van der Waals surface area contributed by atoms with Crippen molar-refractivity contribution in [1.29, 1.82) is 0 Å². The fourth-order valence-electron chi connectivity index (χ4n) is 3.24. The topological polar surface area (TPSA) is 59.8 Å². The van der Waals surface area contributed by atoms with Crippen LogP contribution in [-0.4, -0.2) is 52.7 Å². The number of aliphatic hydroxyl groups excluding tert-OH is 1. The van der Waals surface area contributed by atoms with Crippen LogP contribution in [0.5, 0.6) is 11.6 Å². The minimum atomic E-state index is -0.452. The summed E-state index contributed by atoms with van der Waals surface area (Å²) >= 11 is 6.03. The number of methoxy groups -OCH3 is 1. The Morgan fingerprint density at radius 1 is 1.13 bits per heavy atom. The first-order valence-corrected chi connectivity index (χ1v) is 10.3. The van der Waals surface area contributed by atoms with Gasteiger partial charge < -0.3 is 14.6 Å². The molecule has 3 rings (SSSR count). The van der Waals surface area contributed by atoms with Crippen molar-refractivity contribution < 1.29 is 14.6 Å². The molecule has 30 heavy (non-hydrogen) atoms. The number of nitrogens with zero attached hydrogens (tertiary/aromatic N) is 3. The Morgan fingerprint density at radius 3 is 2.47 bits per heavy atom. The predicted molar refractivity (Wildman–Crippen MR) is 119 cm³/mol. The summed E-state index contributed by atoms with van der Waals surface area (Å²) in [5.74, 6) is 1.32. The number of hydrogen-bond donors (Lipinski definition) is 1. The van der Waals surface area contributed by atoms with Crippen molar-refractivity contribution in [1.82, 2.24) is 14.7 Å². The summed E-state index contributed by atoms with van der Waals surface area (Å²) in [6, 6.07) is 17.1. The Labute approximate surface area is 182 Å². The minimum absolute atomic E-state index is 0.452. The van der Waals surface area contributed by atoms with Crippen LogP contribution in [0, 0.1) is 6.92 Å². The molecule has 160 valence electrons. The Morgan fingerprint density at radius 2 is 1.83 bits per heavy atom. The average molecular weight is 430 g/mol. The van der Waals surface area contributed by atoms with Crippen LogP contribution in [0.3, 0.4) is 0 Å². The number of aryl methyl sites for hydroxylation is 1. The third kappa shape index (κ3) is 5.83. The molecule has 7 heteroatoms. The second kappa shape index (κ2) is 10.6. The molecule has 0 aliphatic rings. The number of halogens is 1. The van der Waals surface area contributed by atoms with Crippen molar-refractivity contribution in [3.05, 3.63) is 70.9 Å². The SMILES string of the molecule is COCCN(Cc1c(C)nn(-c2ccccc2)c1Oc1ccc(Cl)cc1)C[C@@H](C)O. The van der Waals surface area contributed by atoms with E-state index in [0.717, 1.165) is 16.9 Å². The Balaban J connectivity index is 2.00. The largest absolute Gasteiger partial charge is 0.439 e. The van der Waals surface area contributed by atoms with Crippen molar-refractivity contribution in [2.75, 3.05) is 26.8 Å². The van der Waals surface area contributed by atoms with Gasteiger partial charge in [0.2, 0.25) is 5.88 Å². The summed E-state index contributed by atoms with van der Waals surface area (Å²) in [5, 5.41) is 15.3. The van der Waals surface area contributed by atoms with Crippen molar-refractivity contribution >= 4 is 11.6 Å². The molecule has 0 radical (unpaired) electrons. The van der Waals surface area contributed by atoms with Gasteiger partial charge in [0, 0.05) is 31.8 Å². The van der Waals surface area contributed by atoms with Crippen molar-refractivity contribution in [3.63, 3.8) is 0 Å². The molecule has 1 heterocycles. The number of aliphatic hydroxyl groups is 1. The van der Waals surface area contributed by atoms with E-state index in [2.05, 4.69) is 4.90 Å². The van der Waals surface area contributed by atoms with Gasteiger partial charge in [0.1, 0.15) is 5.75 Å². The number of rotatable bonds is 10. The molecule has 0 amide bonds. The molecule has 1 atom stereocenters. The normalized spacial score (nSPS) is 12.3. The molecular formula is C23H28ClN3O3. The Bertz CT molecular complexity index is 927. The molecule has 0 unspecified atom stereocenters. The Kier molecular flexibility index (Phi) is 7.87. The van der Waals surface area contributed by atoms with Crippen LogP contribution in [0.15, 0.2) is 54.6 Å². The number of para-hydroxylation sites is 1. The van der Waals surface area contributed by atoms with E-state index in [1.165, 1.54) is 0 Å². The van der Waals surface area contributed by atoms with Gasteiger partial charge in [-0.25, -0.2) is 4.68 Å². The minimum Gasteiger partial charge on any atom is -0.439 e. The van der Waals surface area contributed by atoms with Gasteiger partial charge in [-0.1, -0.05) is 29.8 Å². The van der Waals surface area contributed by atoms with Crippen LogP contribution in [0.1, 0.15) is 18.2 Å².